The van der Waals surface area contributed by atoms with Gasteiger partial charge in [-0.3, -0.25) is 0 Å². The van der Waals surface area contributed by atoms with Gasteiger partial charge in [0.25, 0.3) is 0 Å². The molecule has 1 heterocycles. The molecule has 2 nitrogen and oxygen atoms in total. The van der Waals surface area contributed by atoms with Crippen molar-refractivity contribution in [3.63, 3.8) is 0 Å². The average Bonchev–Trinajstić information content (AvgIpc) is 2.36. The van der Waals surface area contributed by atoms with Gasteiger partial charge in [0.15, 0.2) is 0 Å². The van der Waals surface area contributed by atoms with Crippen molar-refractivity contribution in [1.82, 2.24) is 5.43 Å². The van der Waals surface area contributed by atoms with E-state index >= 15 is 0 Å². The van der Waals surface area contributed by atoms with Crippen LogP contribution in [0.15, 0.2) is 22.7 Å². The zero-order valence-corrected chi connectivity index (χ0v) is 6.90. The van der Waals surface area contributed by atoms with Crippen LogP contribution in [0.5, 0.6) is 0 Å². The summed E-state index contributed by atoms with van der Waals surface area (Å²) in [7, 11) is 0. The summed E-state index contributed by atoms with van der Waals surface area (Å²) >= 11 is 3.47. The number of fused-ring (bicyclic) bond motifs is 1. The van der Waals surface area contributed by atoms with E-state index in [1.165, 1.54) is 15.7 Å². The monoisotopic (exact) mass is 198 g/mol. The van der Waals surface area contributed by atoms with Crippen molar-refractivity contribution in [2.75, 3.05) is 5.43 Å². The molecule has 2 N–H and O–H groups in total. The predicted molar refractivity (Wildman–Crippen MR) is 44.6 cm³/mol. The van der Waals surface area contributed by atoms with Gasteiger partial charge < -0.3 is 5.43 Å². The summed E-state index contributed by atoms with van der Waals surface area (Å²) in [5, 5.41) is 0. The van der Waals surface area contributed by atoms with E-state index in [1.54, 1.807) is 0 Å². The minimum absolute atomic E-state index is 0.900. The molecule has 1 aromatic rings. The molecule has 0 fully saturated rings. The number of nitrogens with one attached hydrogen (secondary N) is 2. The maximum absolute atomic E-state index is 3.47. The molecule has 0 bridgehead atoms. The third-order valence-corrected chi connectivity index (χ3v) is 2.35. The van der Waals surface area contributed by atoms with Crippen LogP contribution in [0.2, 0.25) is 0 Å². The zero-order valence-electron chi connectivity index (χ0n) is 5.32. The smallest absolute Gasteiger partial charge is 0.0544 e. The molecule has 0 aliphatic carbocycles. The molecular weight excluding hydrogens is 192 g/mol. The van der Waals surface area contributed by atoms with Crippen molar-refractivity contribution in [2.24, 2.45) is 0 Å². The van der Waals surface area contributed by atoms with Crippen LogP contribution < -0.4 is 10.9 Å². The highest BCUT2D eigenvalue weighted by Gasteiger charge is 2.10. The highest BCUT2D eigenvalue weighted by molar-refractivity contribution is 9.10. The van der Waals surface area contributed by atoms with Crippen molar-refractivity contribution < 1.29 is 0 Å². The Balaban J connectivity index is 2.59. The molecule has 1 aliphatic rings. The van der Waals surface area contributed by atoms with Crippen molar-refractivity contribution in [3.8, 4) is 0 Å². The Bertz CT molecular complexity index is 260. The molecule has 0 radical (unpaired) electrons. The standard InChI is InChI=1S/C7H7BrN2/c8-6-2-1-3-7-5(6)4-9-10-7/h1-3,9-10H,4H2. The molecule has 0 amide bonds. The minimum atomic E-state index is 0.900. The number of hydrogen-bond acceptors (Lipinski definition) is 2. The molecule has 0 saturated heterocycles. The largest absolute Gasteiger partial charge is 0.321 e. The first-order chi connectivity index (χ1) is 4.88. The lowest BCUT2D eigenvalue weighted by atomic mass is 10.2. The fourth-order valence-electron chi connectivity index (χ4n) is 1.08. The predicted octanol–water partition coefficient (Wildman–Crippen LogP) is 1.88. The summed E-state index contributed by atoms with van der Waals surface area (Å²) < 4.78 is 1.17. The highest BCUT2D eigenvalue weighted by atomic mass is 79.9. The number of rotatable bonds is 0. The van der Waals surface area contributed by atoms with Crippen molar-refractivity contribution >= 4 is 21.6 Å². The van der Waals surface area contributed by atoms with Crippen LogP contribution in [0.1, 0.15) is 5.56 Å². The van der Waals surface area contributed by atoms with E-state index in [-0.39, 0.29) is 0 Å². The van der Waals surface area contributed by atoms with Gasteiger partial charge in [0, 0.05) is 16.6 Å². The molecular formula is C7H7BrN2. The summed E-state index contributed by atoms with van der Waals surface area (Å²) in [5.74, 6) is 0. The van der Waals surface area contributed by atoms with Crippen LogP contribution in [0.25, 0.3) is 0 Å². The number of anilines is 1. The summed E-state index contributed by atoms with van der Waals surface area (Å²) in [5.41, 5.74) is 8.59. The Kier molecular flexibility index (Phi) is 1.39. The van der Waals surface area contributed by atoms with Gasteiger partial charge in [0.05, 0.1) is 5.69 Å². The van der Waals surface area contributed by atoms with Crippen LogP contribution in [0.3, 0.4) is 0 Å². The Morgan fingerprint density at radius 2 is 2.30 bits per heavy atom. The molecule has 52 valence electrons. The van der Waals surface area contributed by atoms with E-state index in [1.807, 2.05) is 12.1 Å². The second-order valence-electron chi connectivity index (χ2n) is 2.24. The van der Waals surface area contributed by atoms with E-state index in [0.29, 0.717) is 0 Å². The first kappa shape index (κ1) is 6.19. The van der Waals surface area contributed by atoms with Crippen LogP contribution in [0.4, 0.5) is 5.69 Å². The number of hydrazine groups is 1. The van der Waals surface area contributed by atoms with Gasteiger partial charge in [-0.15, -0.1) is 0 Å². The second-order valence-corrected chi connectivity index (χ2v) is 3.10. The molecule has 0 saturated carbocycles. The third-order valence-electron chi connectivity index (χ3n) is 1.61. The Morgan fingerprint density at radius 3 is 3.10 bits per heavy atom. The number of benzene rings is 1. The molecule has 2 rings (SSSR count). The van der Waals surface area contributed by atoms with E-state index in [2.05, 4.69) is 32.8 Å². The minimum Gasteiger partial charge on any atom is -0.321 e. The van der Waals surface area contributed by atoms with Crippen LogP contribution in [0, 0.1) is 0 Å². The van der Waals surface area contributed by atoms with Crippen LogP contribution in [-0.4, -0.2) is 0 Å². The lowest BCUT2D eigenvalue weighted by Gasteiger charge is -1.97. The molecule has 1 aliphatic heterocycles. The molecule has 1 aromatic carbocycles. The lowest BCUT2D eigenvalue weighted by Crippen LogP contribution is -2.10. The van der Waals surface area contributed by atoms with E-state index in [9.17, 15) is 0 Å². The second kappa shape index (κ2) is 2.25. The first-order valence-electron chi connectivity index (χ1n) is 3.14. The molecule has 3 heteroatoms. The van der Waals surface area contributed by atoms with Gasteiger partial charge in [-0.1, -0.05) is 22.0 Å². The Morgan fingerprint density at radius 1 is 1.40 bits per heavy atom. The average molecular weight is 199 g/mol. The van der Waals surface area contributed by atoms with E-state index in [0.717, 1.165) is 6.54 Å². The fourth-order valence-corrected chi connectivity index (χ4v) is 1.59. The summed E-state index contributed by atoms with van der Waals surface area (Å²) in [6.45, 7) is 0.900. The highest BCUT2D eigenvalue weighted by Crippen LogP contribution is 2.26. The number of hydrogen-bond donors (Lipinski definition) is 2. The summed E-state index contributed by atoms with van der Waals surface area (Å²) in [6.07, 6.45) is 0. The van der Waals surface area contributed by atoms with Crippen molar-refractivity contribution in [3.05, 3.63) is 28.2 Å². The molecule has 0 spiro atoms. The summed E-state index contributed by atoms with van der Waals surface area (Å²) in [4.78, 5) is 0. The number of halogens is 1. The maximum atomic E-state index is 3.47. The van der Waals surface area contributed by atoms with Crippen molar-refractivity contribution in [1.29, 1.82) is 0 Å². The van der Waals surface area contributed by atoms with E-state index < -0.39 is 0 Å². The SMILES string of the molecule is Brc1cccc2c1CNN2. The third kappa shape index (κ3) is 0.822. The van der Waals surface area contributed by atoms with E-state index in [4.69, 9.17) is 0 Å². The molecule has 0 unspecified atom stereocenters. The van der Waals surface area contributed by atoms with Crippen LogP contribution >= 0.6 is 15.9 Å². The van der Waals surface area contributed by atoms with Gasteiger partial charge >= 0.3 is 0 Å². The first-order valence-corrected chi connectivity index (χ1v) is 3.93. The lowest BCUT2D eigenvalue weighted by molar-refractivity contribution is 0.858. The molecule has 0 aromatic heterocycles. The van der Waals surface area contributed by atoms with Gasteiger partial charge in [0.1, 0.15) is 0 Å². The quantitative estimate of drug-likeness (QED) is 0.666. The summed E-state index contributed by atoms with van der Waals surface area (Å²) in [6, 6.07) is 6.12. The Hall–Kier alpha value is -0.540. The normalized spacial score (nSPS) is 14.5. The van der Waals surface area contributed by atoms with Crippen LogP contribution in [-0.2, 0) is 6.54 Å². The molecule has 10 heavy (non-hydrogen) atoms. The van der Waals surface area contributed by atoms with Gasteiger partial charge in [-0.2, -0.15) is 0 Å². The van der Waals surface area contributed by atoms with Crippen molar-refractivity contribution in [2.45, 2.75) is 6.54 Å². The van der Waals surface area contributed by atoms with Gasteiger partial charge in [0.2, 0.25) is 0 Å². The molecule has 0 atom stereocenters. The Labute approximate surface area is 67.7 Å². The maximum Gasteiger partial charge on any atom is 0.0544 e. The van der Waals surface area contributed by atoms with Gasteiger partial charge in [-0.25, -0.2) is 5.43 Å². The van der Waals surface area contributed by atoms with Gasteiger partial charge in [-0.05, 0) is 12.1 Å². The fraction of sp³-hybridized carbons (Fsp3) is 0.143. The zero-order chi connectivity index (χ0) is 6.97. The topological polar surface area (TPSA) is 24.1 Å².